The number of nitrogens with one attached hydrogen (secondary N) is 3. The third-order valence-corrected chi connectivity index (χ3v) is 4.39. The number of pyridine rings is 1. The predicted octanol–water partition coefficient (Wildman–Crippen LogP) is 2.08. The molecule has 0 fully saturated rings. The van der Waals surface area contributed by atoms with E-state index in [1.165, 1.54) is 0 Å². The molecular formula is C20H22N4O3. The lowest BCUT2D eigenvalue weighted by Crippen LogP contribution is -2.47. The van der Waals surface area contributed by atoms with Crippen LogP contribution in [0.2, 0.25) is 0 Å². The zero-order chi connectivity index (χ0) is 19.2. The van der Waals surface area contributed by atoms with E-state index in [4.69, 9.17) is 4.74 Å². The van der Waals surface area contributed by atoms with Crippen molar-refractivity contribution in [3.63, 3.8) is 0 Å². The zero-order valence-electron chi connectivity index (χ0n) is 15.3. The number of hydrogen-bond donors (Lipinski definition) is 3. The highest BCUT2D eigenvalue weighted by molar-refractivity contribution is 5.98. The molecule has 1 aliphatic rings. The van der Waals surface area contributed by atoms with Crippen LogP contribution < -0.4 is 20.7 Å². The standard InChI is InChI=1S/C20H22N4O3/c1-13-17(18(24-20(26)23-13)15-4-3-10-21-12-15)19(25)22-11-9-14-5-7-16(27-2)8-6-14/h3-8,10,12,18H,9,11H2,1-2H3,(H,22,25)(H2,23,24,26)/t18-/m1/s1. The average Bonchev–Trinajstić information content (AvgIpc) is 2.68. The minimum Gasteiger partial charge on any atom is -0.497 e. The van der Waals surface area contributed by atoms with Gasteiger partial charge in [-0.2, -0.15) is 0 Å². The van der Waals surface area contributed by atoms with Crippen molar-refractivity contribution in [1.29, 1.82) is 0 Å². The molecule has 0 saturated heterocycles. The van der Waals surface area contributed by atoms with Crippen LogP contribution in [0, 0.1) is 0 Å². The summed E-state index contributed by atoms with van der Waals surface area (Å²) in [5, 5.41) is 8.39. The second-order valence-electron chi connectivity index (χ2n) is 6.21. The Morgan fingerprint density at radius 1 is 1.26 bits per heavy atom. The topological polar surface area (TPSA) is 92.4 Å². The predicted molar refractivity (Wildman–Crippen MR) is 101 cm³/mol. The third-order valence-electron chi connectivity index (χ3n) is 4.39. The van der Waals surface area contributed by atoms with Crippen LogP contribution in [0.25, 0.3) is 0 Å². The van der Waals surface area contributed by atoms with E-state index in [0.717, 1.165) is 16.9 Å². The van der Waals surface area contributed by atoms with Crippen LogP contribution in [0.1, 0.15) is 24.1 Å². The van der Waals surface area contributed by atoms with Crippen molar-refractivity contribution in [2.24, 2.45) is 0 Å². The maximum atomic E-state index is 12.8. The highest BCUT2D eigenvalue weighted by Crippen LogP contribution is 2.26. The van der Waals surface area contributed by atoms with Gasteiger partial charge in [0.05, 0.1) is 18.7 Å². The number of rotatable bonds is 6. The van der Waals surface area contributed by atoms with Gasteiger partial charge in [-0.25, -0.2) is 4.79 Å². The second kappa shape index (κ2) is 8.35. The molecule has 2 heterocycles. The summed E-state index contributed by atoms with van der Waals surface area (Å²) in [7, 11) is 1.63. The molecule has 0 aliphatic carbocycles. The van der Waals surface area contributed by atoms with Crippen LogP contribution in [0.15, 0.2) is 60.1 Å². The number of hydrogen-bond acceptors (Lipinski definition) is 4. The molecule has 1 aliphatic heterocycles. The van der Waals surface area contributed by atoms with Gasteiger partial charge in [-0.1, -0.05) is 18.2 Å². The lowest BCUT2D eigenvalue weighted by molar-refractivity contribution is -0.117. The van der Waals surface area contributed by atoms with E-state index in [1.807, 2.05) is 30.3 Å². The molecule has 2 aromatic rings. The number of ether oxygens (including phenoxy) is 1. The normalized spacial score (nSPS) is 16.4. The van der Waals surface area contributed by atoms with Gasteiger partial charge in [-0.3, -0.25) is 9.78 Å². The van der Waals surface area contributed by atoms with E-state index < -0.39 is 6.04 Å². The Labute approximate surface area is 157 Å². The van der Waals surface area contributed by atoms with Gasteiger partial charge in [0.15, 0.2) is 0 Å². The van der Waals surface area contributed by atoms with Crippen molar-refractivity contribution in [1.82, 2.24) is 20.9 Å². The van der Waals surface area contributed by atoms with Gasteiger partial charge in [-0.15, -0.1) is 0 Å². The lowest BCUT2D eigenvalue weighted by atomic mass is 9.96. The van der Waals surface area contributed by atoms with Crippen LogP contribution in [0.4, 0.5) is 4.79 Å². The molecule has 1 atom stereocenters. The first kappa shape index (κ1) is 18.4. The van der Waals surface area contributed by atoms with E-state index in [2.05, 4.69) is 20.9 Å². The molecule has 7 heteroatoms. The average molecular weight is 366 g/mol. The first-order chi connectivity index (χ1) is 13.1. The first-order valence-corrected chi connectivity index (χ1v) is 8.68. The van der Waals surface area contributed by atoms with E-state index in [9.17, 15) is 9.59 Å². The summed E-state index contributed by atoms with van der Waals surface area (Å²) in [6.07, 6.45) is 3.99. The highest BCUT2D eigenvalue weighted by Gasteiger charge is 2.30. The maximum absolute atomic E-state index is 12.8. The molecule has 0 spiro atoms. The number of allylic oxidation sites excluding steroid dienone is 1. The molecule has 27 heavy (non-hydrogen) atoms. The first-order valence-electron chi connectivity index (χ1n) is 8.68. The molecule has 0 unspecified atom stereocenters. The summed E-state index contributed by atoms with van der Waals surface area (Å²) in [6.45, 7) is 2.20. The fourth-order valence-electron chi connectivity index (χ4n) is 3.00. The van der Waals surface area contributed by atoms with Crippen molar-refractivity contribution in [3.05, 3.63) is 71.2 Å². The van der Waals surface area contributed by atoms with Crippen molar-refractivity contribution in [2.75, 3.05) is 13.7 Å². The minimum absolute atomic E-state index is 0.220. The second-order valence-corrected chi connectivity index (χ2v) is 6.21. The quantitative estimate of drug-likeness (QED) is 0.730. The molecule has 7 nitrogen and oxygen atoms in total. The SMILES string of the molecule is COc1ccc(CCNC(=O)C2=C(C)NC(=O)N[C@@H]2c2cccnc2)cc1. The lowest BCUT2D eigenvalue weighted by Gasteiger charge is -2.28. The number of nitrogens with zero attached hydrogens (tertiary/aromatic N) is 1. The molecule has 1 aromatic heterocycles. The minimum atomic E-state index is -0.534. The zero-order valence-corrected chi connectivity index (χ0v) is 15.3. The van der Waals surface area contributed by atoms with Gasteiger partial charge in [-0.05, 0) is 42.7 Å². The molecule has 1 aromatic carbocycles. The van der Waals surface area contributed by atoms with Crippen LogP contribution in [0.5, 0.6) is 5.75 Å². The number of benzene rings is 1. The van der Waals surface area contributed by atoms with Crippen LogP contribution >= 0.6 is 0 Å². The molecular weight excluding hydrogens is 344 g/mol. The Balaban J connectivity index is 1.69. The fraction of sp³-hybridized carbons (Fsp3) is 0.250. The van der Waals surface area contributed by atoms with E-state index in [1.54, 1.807) is 32.5 Å². The summed E-state index contributed by atoms with van der Waals surface area (Å²) < 4.78 is 5.14. The number of amides is 3. The molecule has 0 saturated carbocycles. The van der Waals surface area contributed by atoms with Crippen molar-refractivity contribution < 1.29 is 14.3 Å². The van der Waals surface area contributed by atoms with Gasteiger partial charge >= 0.3 is 6.03 Å². The largest absolute Gasteiger partial charge is 0.497 e. The van der Waals surface area contributed by atoms with Gasteiger partial charge in [0.2, 0.25) is 0 Å². The Morgan fingerprint density at radius 3 is 2.70 bits per heavy atom. The Kier molecular flexibility index (Phi) is 5.71. The number of carbonyl (C=O) groups excluding carboxylic acids is 2. The highest BCUT2D eigenvalue weighted by atomic mass is 16.5. The van der Waals surface area contributed by atoms with Crippen molar-refractivity contribution in [2.45, 2.75) is 19.4 Å². The van der Waals surface area contributed by atoms with Crippen molar-refractivity contribution >= 4 is 11.9 Å². The van der Waals surface area contributed by atoms with E-state index in [0.29, 0.717) is 24.2 Å². The van der Waals surface area contributed by atoms with Gasteiger partial charge in [0, 0.05) is 24.6 Å². The fourth-order valence-corrected chi connectivity index (χ4v) is 3.00. The summed E-state index contributed by atoms with van der Waals surface area (Å²) in [6, 6.07) is 10.5. The Hall–Kier alpha value is -3.35. The number of methoxy groups -OCH3 is 1. The Bertz CT molecular complexity index is 847. The smallest absolute Gasteiger partial charge is 0.319 e. The van der Waals surface area contributed by atoms with Crippen molar-refractivity contribution in [3.8, 4) is 5.75 Å². The van der Waals surface area contributed by atoms with Gasteiger partial charge < -0.3 is 20.7 Å². The number of carbonyl (C=O) groups is 2. The molecule has 0 bridgehead atoms. The number of aromatic nitrogens is 1. The molecule has 3 N–H and O–H groups in total. The molecule has 140 valence electrons. The maximum Gasteiger partial charge on any atom is 0.319 e. The molecule has 0 radical (unpaired) electrons. The van der Waals surface area contributed by atoms with E-state index in [-0.39, 0.29) is 11.9 Å². The molecule has 3 rings (SSSR count). The van der Waals surface area contributed by atoms with Crippen LogP contribution in [0.3, 0.4) is 0 Å². The Morgan fingerprint density at radius 2 is 2.04 bits per heavy atom. The van der Waals surface area contributed by atoms with Gasteiger partial charge in [0.1, 0.15) is 5.75 Å². The monoisotopic (exact) mass is 366 g/mol. The third kappa shape index (κ3) is 4.44. The van der Waals surface area contributed by atoms with E-state index >= 15 is 0 Å². The van der Waals surface area contributed by atoms with Crippen LogP contribution in [-0.2, 0) is 11.2 Å². The molecule has 3 amide bonds. The summed E-state index contributed by atoms with van der Waals surface area (Å²) >= 11 is 0. The van der Waals surface area contributed by atoms with Crippen LogP contribution in [-0.4, -0.2) is 30.6 Å². The van der Waals surface area contributed by atoms with Gasteiger partial charge in [0.25, 0.3) is 5.91 Å². The summed E-state index contributed by atoms with van der Waals surface area (Å²) in [4.78, 5) is 28.7. The summed E-state index contributed by atoms with van der Waals surface area (Å²) in [5.41, 5.74) is 2.87. The summed E-state index contributed by atoms with van der Waals surface area (Å²) in [5.74, 6) is 0.578. The number of urea groups is 1.